The van der Waals surface area contributed by atoms with Crippen LogP contribution >= 0.6 is 8.30 Å². The summed E-state index contributed by atoms with van der Waals surface area (Å²) in [6.07, 6.45) is 2.96. The summed E-state index contributed by atoms with van der Waals surface area (Å²) < 4.78 is 8.67. The number of benzene rings is 1. The zero-order valence-electron chi connectivity index (χ0n) is 8.97. The summed E-state index contributed by atoms with van der Waals surface area (Å²) in [7, 11) is -0.335. The molecular formula is C12H16NOP. The molecule has 0 amide bonds. The summed E-state index contributed by atoms with van der Waals surface area (Å²) in [5.74, 6) is 0. The molecule has 3 atom stereocenters. The van der Waals surface area contributed by atoms with Gasteiger partial charge >= 0.3 is 0 Å². The van der Waals surface area contributed by atoms with Crippen LogP contribution < -0.4 is 0 Å². The molecule has 0 unspecified atom stereocenters. The minimum atomic E-state index is -0.335. The lowest BCUT2D eigenvalue weighted by atomic mass is 10.0. The van der Waals surface area contributed by atoms with Gasteiger partial charge in [0.05, 0.1) is 0 Å². The zero-order chi connectivity index (χ0) is 10.3. The van der Waals surface area contributed by atoms with Crippen LogP contribution in [0.4, 0.5) is 0 Å². The molecule has 15 heavy (non-hydrogen) atoms. The topological polar surface area (TPSA) is 12.5 Å². The maximum Gasteiger partial charge on any atom is 0.104 e. The number of rotatable bonds is 1. The molecule has 2 aliphatic heterocycles. The molecule has 0 saturated carbocycles. The first-order valence-electron chi connectivity index (χ1n) is 5.58. The summed E-state index contributed by atoms with van der Waals surface area (Å²) in [6, 6.07) is 11.3. The van der Waals surface area contributed by atoms with Crippen molar-refractivity contribution in [2.75, 3.05) is 13.2 Å². The third kappa shape index (κ3) is 1.61. The summed E-state index contributed by atoms with van der Waals surface area (Å²) in [6.45, 7) is 3.47. The molecule has 0 bridgehead atoms. The second-order valence-corrected chi connectivity index (χ2v) is 5.93. The van der Waals surface area contributed by atoms with E-state index in [1.54, 1.807) is 0 Å². The maximum absolute atomic E-state index is 6.11. The Morgan fingerprint density at radius 1 is 1.33 bits per heavy atom. The fourth-order valence-electron chi connectivity index (χ4n) is 2.66. The molecule has 2 fully saturated rings. The van der Waals surface area contributed by atoms with Crippen LogP contribution in [0.5, 0.6) is 0 Å². The van der Waals surface area contributed by atoms with Crippen molar-refractivity contribution in [2.24, 2.45) is 0 Å². The minimum Gasteiger partial charge on any atom is -0.334 e. The van der Waals surface area contributed by atoms with Crippen LogP contribution in [-0.2, 0) is 4.52 Å². The van der Waals surface area contributed by atoms with Gasteiger partial charge in [-0.2, -0.15) is 0 Å². The van der Waals surface area contributed by atoms with Crippen molar-refractivity contribution in [3.05, 3.63) is 35.9 Å². The quantitative estimate of drug-likeness (QED) is 0.675. The Morgan fingerprint density at radius 3 is 2.93 bits per heavy atom. The fourth-order valence-corrected chi connectivity index (χ4v) is 4.44. The first-order chi connectivity index (χ1) is 7.36. The van der Waals surface area contributed by atoms with Gasteiger partial charge < -0.3 is 4.52 Å². The van der Waals surface area contributed by atoms with Crippen LogP contribution in [0.25, 0.3) is 0 Å². The molecule has 2 heterocycles. The Bertz CT molecular complexity index is 343. The average molecular weight is 221 g/mol. The van der Waals surface area contributed by atoms with Crippen molar-refractivity contribution in [3.8, 4) is 0 Å². The molecule has 0 aromatic heterocycles. The van der Waals surface area contributed by atoms with Gasteiger partial charge in [-0.25, -0.2) is 0 Å². The van der Waals surface area contributed by atoms with Crippen molar-refractivity contribution in [1.82, 2.24) is 4.67 Å². The Balaban J connectivity index is 1.88. The Hall–Kier alpha value is -0.430. The highest BCUT2D eigenvalue weighted by Gasteiger charge is 2.43. The average Bonchev–Trinajstić information content (AvgIpc) is 2.84. The van der Waals surface area contributed by atoms with Crippen molar-refractivity contribution in [3.63, 3.8) is 0 Å². The minimum absolute atomic E-state index is 0.324. The highest BCUT2D eigenvalue weighted by atomic mass is 31.2. The van der Waals surface area contributed by atoms with Crippen molar-refractivity contribution in [1.29, 1.82) is 0 Å². The van der Waals surface area contributed by atoms with Crippen LogP contribution in [-0.4, -0.2) is 23.9 Å². The lowest BCUT2D eigenvalue weighted by Crippen LogP contribution is -2.22. The lowest BCUT2D eigenvalue weighted by Gasteiger charge is -2.17. The summed E-state index contributed by atoms with van der Waals surface area (Å²) in [4.78, 5) is 0. The standard InChI is InChI=1S/C12H16NOP/c1-15-13-9-5-8-11(13)12(14-15)10-6-3-2-4-7-10/h2-4,6-7,11-12H,5,8-9H2,1H3/t11-,12+,15-/m0/s1. The maximum atomic E-state index is 6.11. The highest BCUT2D eigenvalue weighted by Crippen LogP contribution is 2.57. The summed E-state index contributed by atoms with van der Waals surface area (Å²) in [5.41, 5.74) is 1.35. The number of hydrogen-bond donors (Lipinski definition) is 0. The third-order valence-electron chi connectivity index (χ3n) is 3.38. The Kier molecular flexibility index (Phi) is 2.51. The van der Waals surface area contributed by atoms with Gasteiger partial charge in [0.2, 0.25) is 0 Å². The molecule has 1 aromatic carbocycles. The van der Waals surface area contributed by atoms with Gasteiger partial charge in [0, 0.05) is 12.6 Å². The predicted octanol–water partition coefficient (Wildman–Crippen LogP) is 3.16. The van der Waals surface area contributed by atoms with E-state index in [0.717, 1.165) is 0 Å². The first-order valence-corrected chi connectivity index (χ1v) is 7.24. The van der Waals surface area contributed by atoms with Crippen molar-refractivity contribution < 1.29 is 4.52 Å². The van der Waals surface area contributed by atoms with Gasteiger partial charge in [0.1, 0.15) is 14.4 Å². The second kappa shape index (κ2) is 3.86. The lowest BCUT2D eigenvalue weighted by molar-refractivity contribution is 0.215. The normalized spacial score (nSPS) is 35.7. The Morgan fingerprint density at radius 2 is 2.13 bits per heavy atom. The zero-order valence-corrected chi connectivity index (χ0v) is 9.86. The van der Waals surface area contributed by atoms with E-state index in [2.05, 4.69) is 41.7 Å². The van der Waals surface area contributed by atoms with Crippen LogP contribution in [0.15, 0.2) is 30.3 Å². The molecule has 2 aliphatic rings. The molecule has 80 valence electrons. The molecular weight excluding hydrogens is 205 g/mol. The molecule has 0 radical (unpaired) electrons. The third-order valence-corrected chi connectivity index (χ3v) is 5.13. The second-order valence-electron chi connectivity index (χ2n) is 4.27. The van der Waals surface area contributed by atoms with E-state index in [9.17, 15) is 0 Å². The molecule has 0 aliphatic carbocycles. The first kappa shape index (κ1) is 9.77. The van der Waals surface area contributed by atoms with E-state index >= 15 is 0 Å². The van der Waals surface area contributed by atoms with Gasteiger partial charge in [0.25, 0.3) is 0 Å². The summed E-state index contributed by atoms with van der Waals surface area (Å²) >= 11 is 0. The van der Waals surface area contributed by atoms with Gasteiger partial charge in [-0.1, -0.05) is 30.3 Å². The van der Waals surface area contributed by atoms with Crippen LogP contribution in [0, 0.1) is 0 Å². The van der Waals surface area contributed by atoms with Crippen LogP contribution in [0.3, 0.4) is 0 Å². The van der Waals surface area contributed by atoms with E-state index in [1.807, 2.05) is 0 Å². The SMILES string of the molecule is C[P@]1O[C@H](c2ccccc2)[C@@H]2CCCN21. The number of hydrogen-bond acceptors (Lipinski definition) is 2. The smallest absolute Gasteiger partial charge is 0.104 e. The van der Waals surface area contributed by atoms with E-state index in [4.69, 9.17) is 4.52 Å². The molecule has 2 nitrogen and oxygen atoms in total. The van der Waals surface area contributed by atoms with E-state index < -0.39 is 0 Å². The molecule has 3 heteroatoms. The van der Waals surface area contributed by atoms with E-state index in [-0.39, 0.29) is 8.30 Å². The van der Waals surface area contributed by atoms with Gasteiger partial charge in [0.15, 0.2) is 0 Å². The van der Waals surface area contributed by atoms with Gasteiger partial charge in [-0.15, -0.1) is 0 Å². The predicted molar refractivity (Wildman–Crippen MR) is 62.8 cm³/mol. The monoisotopic (exact) mass is 221 g/mol. The summed E-state index contributed by atoms with van der Waals surface area (Å²) in [5, 5.41) is 0. The molecule has 0 N–H and O–H groups in total. The van der Waals surface area contributed by atoms with Crippen molar-refractivity contribution >= 4 is 8.30 Å². The van der Waals surface area contributed by atoms with E-state index in [0.29, 0.717) is 12.1 Å². The molecule has 2 saturated heterocycles. The fraction of sp³-hybridized carbons (Fsp3) is 0.500. The van der Waals surface area contributed by atoms with E-state index in [1.165, 1.54) is 24.9 Å². The number of nitrogens with zero attached hydrogens (tertiary/aromatic N) is 1. The van der Waals surface area contributed by atoms with Gasteiger partial charge in [-0.3, -0.25) is 4.67 Å². The van der Waals surface area contributed by atoms with Crippen LogP contribution in [0.2, 0.25) is 0 Å². The number of fused-ring (bicyclic) bond motifs is 1. The molecule has 3 rings (SSSR count). The molecule has 1 aromatic rings. The highest BCUT2D eigenvalue weighted by molar-refractivity contribution is 7.49. The molecule has 0 spiro atoms. The van der Waals surface area contributed by atoms with Gasteiger partial charge in [-0.05, 0) is 25.1 Å². The Labute approximate surface area is 92.1 Å². The van der Waals surface area contributed by atoms with Crippen LogP contribution in [0.1, 0.15) is 24.5 Å². The largest absolute Gasteiger partial charge is 0.334 e. The van der Waals surface area contributed by atoms with Crippen molar-refractivity contribution in [2.45, 2.75) is 25.0 Å².